The normalized spacial score (nSPS) is 24.0. The molecule has 29 heavy (non-hydrogen) atoms. The summed E-state index contributed by atoms with van der Waals surface area (Å²) in [5.74, 6) is -3.05. The Morgan fingerprint density at radius 3 is 2.66 bits per heavy atom. The highest BCUT2D eigenvalue weighted by molar-refractivity contribution is 9.10. The topological polar surface area (TPSA) is 81.7 Å². The molecule has 1 aromatic carbocycles. The van der Waals surface area contributed by atoms with Crippen LogP contribution >= 0.6 is 15.9 Å². The van der Waals surface area contributed by atoms with Gasteiger partial charge in [-0.15, -0.1) is 0 Å². The Hall–Kier alpha value is -2.41. The molecule has 0 saturated carbocycles. The first-order valence-corrected chi connectivity index (χ1v) is 10.3. The highest BCUT2D eigenvalue weighted by Crippen LogP contribution is 2.45. The summed E-state index contributed by atoms with van der Waals surface area (Å²) < 4.78 is 11.0. The minimum atomic E-state index is -0.892. The molecule has 3 rings (SSSR count). The van der Waals surface area contributed by atoms with Crippen LogP contribution in [0.5, 0.6) is 0 Å². The Bertz CT molecular complexity index is 933. The van der Waals surface area contributed by atoms with Gasteiger partial charge in [-0.05, 0) is 43.9 Å². The Morgan fingerprint density at radius 2 is 2.03 bits per heavy atom. The summed E-state index contributed by atoms with van der Waals surface area (Å²) in [6, 6.07) is 7.48. The predicted octanol–water partition coefficient (Wildman–Crippen LogP) is 3.63. The van der Waals surface area contributed by atoms with Gasteiger partial charge in [0.1, 0.15) is 5.92 Å². The molecule has 0 spiro atoms. The fourth-order valence-electron chi connectivity index (χ4n) is 4.18. The monoisotopic (exact) mass is 461 g/mol. The van der Waals surface area contributed by atoms with Crippen molar-refractivity contribution in [3.8, 4) is 0 Å². The van der Waals surface area contributed by atoms with Crippen molar-refractivity contribution < 1.29 is 23.9 Å². The third-order valence-corrected chi connectivity index (χ3v) is 5.91. The number of carbonyl (C=O) groups excluding carboxylic acids is 3. The van der Waals surface area contributed by atoms with Gasteiger partial charge in [0.15, 0.2) is 5.78 Å². The predicted molar refractivity (Wildman–Crippen MR) is 111 cm³/mol. The Kier molecular flexibility index (Phi) is 6.27. The molecule has 154 valence electrons. The molecule has 0 saturated heterocycles. The van der Waals surface area contributed by atoms with E-state index in [1.54, 1.807) is 6.92 Å². The smallest absolute Gasteiger partial charge is 0.336 e. The van der Waals surface area contributed by atoms with Crippen molar-refractivity contribution in [3.63, 3.8) is 0 Å². The van der Waals surface area contributed by atoms with Gasteiger partial charge in [-0.3, -0.25) is 9.59 Å². The minimum Gasteiger partial charge on any atom is -0.468 e. The molecule has 0 unspecified atom stereocenters. The molecule has 1 aliphatic heterocycles. The zero-order valence-corrected chi connectivity index (χ0v) is 18.5. The first kappa shape index (κ1) is 21.3. The summed E-state index contributed by atoms with van der Waals surface area (Å²) in [7, 11) is 1.28. The standard InChI is InChI=1S/C22H24BrNO5/c1-5-29-22(27)17-12(3)24-15-9-11(2)16(21(26)28-4)20(25)19(15)18(17)13-7-6-8-14(23)10-13/h6-8,10-11,16,18,24H,5,9H2,1-4H3/t11-,16-,18+/m1/s1. The number of rotatable bonds is 4. The number of dihydropyridines is 1. The Balaban J connectivity index is 2.19. The van der Waals surface area contributed by atoms with Crippen LogP contribution in [0.1, 0.15) is 38.7 Å². The van der Waals surface area contributed by atoms with E-state index in [1.165, 1.54) is 7.11 Å². The molecule has 1 aromatic rings. The fourth-order valence-corrected chi connectivity index (χ4v) is 4.60. The molecule has 1 heterocycles. The summed E-state index contributed by atoms with van der Waals surface area (Å²) in [5.41, 5.74) is 3.00. The number of ketones is 1. The number of halogens is 1. The summed E-state index contributed by atoms with van der Waals surface area (Å²) in [6.45, 7) is 5.63. The van der Waals surface area contributed by atoms with Crippen LogP contribution in [0.2, 0.25) is 0 Å². The molecule has 0 aromatic heterocycles. The van der Waals surface area contributed by atoms with E-state index in [4.69, 9.17) is 9.47 Å². The van der Waals surface area contributed by atoms with Gasteiger partial charge in [-0.2, -0.15) is 0 Å². The lowest BCUT2D eigenvalue weighted by atomic mass is 9.69. The van der Waals surface area contributed by atoms with Crippen molar-refractivity contribution in [1.82, 2.24) is 5.32 Å². The lowest BCUT2D eigenvalue weighted by Gasteiger charge is -2.38. The van der Waals surface area contributed by atoms with Crippen molar-refractivity contribution in [1.29, 1.82) is 0 Å². The van der Waals surface area contributed by atoms with Crippen molar-refractivity contribution in [2.45, 2.75) is 33.1 Å². The van der Waals surface area contributed by atoms with Crippen LogP contribution in [0.15, 0.2) is 51.3 Å². The van der Waals surface area contributed by atoms with Crippen LogP contribution in [0.4, 0.5) is 0 Å². The first-order valence-electron chi connectivity index (χ1n) is 9.55. The minimum absolute atomic E-state index is 0.207. The van der Waals surface area contributed by atoms with Gasteiger partial charge in [0.05, 0.1) is 19.3 Å². The van der Waals surface area contributed by atoms with Gasteiger partial charge in [0.25, 0.3) is 0 Å². The van der Waals surface area contributed by atoms with E-state index in [0.29, 0.717) is 23.3 Å². The first-order chi connectivity index (χ1) is 13.8. The van der Waals surface area contributed by atoms with Crippen molar-refractivity contribution in [2.75, 3.05) is 13.7 Å². The van der Waals surface area contributed by atoms with E-state index in [2.05, 4.69) is 21.2 Å². The molecule has 0 bridgehead atoms. The zero-order valence-electron chi connectivity index (χ0n) is 16.9. The summed E-state index contributed by atoms with van der Waals surface area (Å²) in [5, 5.41) is 3.23. The molecule has 1 N–H and O–H groups in total. The largest absolute Gasteiger partial charge is 0.468 e. The second-order valence-corrected chi connectivity index (χ2v) is 8.23. The number of Topliss-reactive ketones (excluding diaryl/α,β-unsaturated/α-hetero) is 1. The van der Waals surface area contributed by atoms with Gasteiger partial charge < -0.3 is 14.8 Å². The SMILES string of the molecule is CCOC(=O)C1=C(C)NC2=C(C(=O)[C@H](C(=O)OC)[C@H](C)C2)[C@H]1c1cccc(Br)c1. The van der Waals surface area contributed by atoms with E-state index < -0.39 is 23.8 Å². The number of carbonyl (C=O) groups is 3. The number of methoxy groups -OCH3 is 1. The van der Waals surface area contributed by atoms with Crippen LogP contribution in [-0.4, -0.2) is 31.4 Å². The fraction of sp³-hybridized carbons (Fsp3) is 0.409. The van der Waals surface area contributed by atoms with Gasteiger partial charge in [-0.25, -0.2) is 4.79 Å². The molecule has 0 fully saturated rings. The van der Waals surface area contributed by atoms with Crippen LogP contribution in [0.3, 0.4) is 0 Å². The lowest BCUT2D eigenvalue weighted by molar-refractivity contribution is -0.151. The number of ether oxygens (including phenoxy) is 2. The van der Waals surface area contributed by atoms with Crippen LogP contribution < -0.4 is 5.32 Å². The van der Waals surface area contributed by atoms with E-state index >= 15 is 0 Å². The molecule has 0 radical (unpaired) electrons. The molecule has 2 aliphatic rings. The average Bonchev–Trinajstić information content (AvgIpc) is 2.66. The van der Waals surface area contributed by atoms with Crippen LogP contribution in [-0.2, 0) is 23.9 Å². The van der Waals surface area contributed by atoms with E-state index in [1.807, 2.05) is 38.1 Å². The molecule has 0 amide bonds. The number of hydrogen-bond acceptors (Lipinski definition) is 6. The maximum absolute atomic E-state index is 13.5. The molecule has 6 nitrogen and oxygen atoms in total. The summed E-state index contributed by atoms with van der Waals surface area (Å²) >= 11 is 3.47. The number of benzene rings is 1. The average molecular weight is 462 g/mol. The van der Waals surface area contributed by atoms with E-state index in [-0.39, 0.29) is 18.3 Å². The van der Waals surface area contributed by atoms with Gasteiger partial charge in [-0.1, -0.05) is 35.0 Å². The van der Waals surface area contributed by atoms with Crippen LogP contribution in [0, 0.1) is 11.8 Å². The molecular weight excluding hydrogens is 438 g/mol. The lowest BCUT2D eigenvalue weighted by Crippen LogP contribution is -2.43. The van der Waals surface area contributed by atoms with Crippen molar-refractivity contribution >= 4 is 33.7 Å². The van der Waals surface area contributed by atoms with Gasteiger partial charge in [0.2, 0.25) is 0 Å². The number of nitrogens with one attached hydrogen (secondary N) is 1. The number of allylic oxidation sites excluding steroid dienone is 3. The maximum Gasteiger partial charge on any atom is 0.336 e. The Morgan fingerprint density at radius 1 is 1.31 bits per heavy atom. The maximum atomic E-state index is 13.5. The van der Waals surface area contributed by atoms with Gasteiger partial charge >= 0.3 is 11.9 Å². The zero-order chi connectivity index (χ0) is 21.3. The van der Waals surface area contributed by atoms with E-state index in [9.17, 15) is 14.4 Å². The highest BCUT2D eigenvalue weighted by Gasteiger charge is 2.47. The third kappa shape index (κ3) is 3.88. The Labute approximate surface area is 178 Å². The van der Waals surface area contributed by atoms with Gasteiger partial charge in [0, 0.05) is 27.4 Å². The second-order valence-electron chi connectivity index (χ2n) is 7.31. The summed E-state index contributed by atoms with van der Waals surface area (Å²) in [6.07, 6.45) is 0.513. The van der Waals surface area contributed by atoms with Crippen molar-refractivity contribution in [2.24, 2.45) is 11.8 Å². The highest BCUT2D eigenvalue weighted by atomic mass is 79.9. The molecule has 3 atom stereocenters. The third-order valence-electron chi connectivity index (χ3n) is 5.42. The number of esters is 2. The molecule has 1 aliphatic carbocycles. The summed E-state index contributed by atoms with van der Waals surface area (Å²) in [4.78, 5) is 38.7. The van der Waals surface area contributed by atoms with Crippen molar-refractivity contribution in [3.05, 3.63) is 56.8 Å². The quantitative estimate of drug-likeness (QED) is 0.544. The molecular formula is C22H24BrNO5. The molecule has 7 heteroatoms. The van der Waals surface area contributed by atoms with Crippen LogP contribution in [0.25, 0.3) is 0 Å². The second kappa shape index (κ2) is 8.53. The van der Waals surface area contributed by atoms with E-state index in [0.717, 1.165) is 15.7 Å². The number of hydrogen-bond donors (Lipinski definition) is 1.